The lowest BCUT2D eigenvalue weighted by atomic mass is 9.94. The second kappa shape index (κ2) is 14.6. The van der Waals surface area contributed by atoms with Crippen LogP contribution >= 0.6 is 11.6 Å². The highest BCUT2D eigenvalue weighted by Gasteiger charge is 2.31. The van der Waals surface area contributed by atoms with Crippen LogP contribution in [0.5, 0.6) is 5.75 Å². The van der Waals surface area contributed by atoms with Crippen LogP contribution in [0.2, 0.25) is 5.02 Å². The number of benzene rings is 3. The summed E-state index contributed by atoms with van der Waals surface area (Å²) in [5, 5.41) is 3.92. The topological polar surface area (TPSA) is 58.6 Å². The summed E-state index contributed by atoms with van der Waals surface area (Å²) in [6.07, 6.45) is 6.77. The van der Waals surface area contributed by atoms with Crippen molar-refractivity contribution in [3.05, 3.63) is 101 Å². The monoisotopic (exact) mass is 532 g/mol. The first-order valence-corrected chi connectivity index (χ1v) is 14.0. The number of amides is 2. The zero-order valence-electron chi connectivity index (χ0n) is 21.9. The van der Waals surface area contributed by atoms with E-state index < -0.39 is 6.04 Å². The Morgan fingerprint density at radius 1 is 0.868 bits per heavy atom. The van der Waals surface area contributed by atoms with Crippen LogP contribution in [-0.4, -0.2) is 35.4 Å². The van der Waals surface area contributed by atoms with Gasteiger partial charge in [0, 0.05) is 30.5 Å². The van der Waals surface area contributed by atoms with E-state index >= 15 is 0 Å². The van der Waals surface area contributed by atoms with E-state index in [1.807, 2.05) is 84.9 Å². The van der Waals surface area contributed by atoms with Crippen LogP contribution in [0.1, 0.15) is 56.1 Å². The number of hydrogen-bond donors (Lipinski definition) is 1. The molecule has 5 nitrogen and oxygen atoms in total. The number of carbonyl (C=O) groups excluding carboxylic acids is 2. The number of para-hydroxylation sites is 1. The molecule has 3 aromatic rings. The Bertz CT molecular complexity index is 1130. The van der Waals surface area contributed by atoms with E-state index in [2.05, 4.69) is 5.32 Å². The maximum absolute atomic E-state index is 13.8. The number of halogens is 1. The molecule has 3 aromatic carbocycles. The lowest BCUT2D eigenvalue weighted by Crippen LogP contribution is -2.52. The van der Waals surface area contributed by atoms with Gasteiger partial charge in [0.05, 0.1) is 6.61 Å². The number of ether oxygens (including phenoxy) is 1. The first-order chi connectivity index (χ1) is 18.6. The molecule has 0 spiro atoms. The predicted octanol–water partition coefficient (Wildman–Crippen LogP) is 6.59. The van der Waals surface area contributed by atoms with Gasteiger partial charge in [-0.2, -0.15) is 0 Å². The van der Waals surface area contributed by atoms with Gasteiger partial charge in [-0.25, -0.2) is 0 Å². The minimum atomic E-state index is -0.613. The molecule has 0 aliphatic heterocycles. The fourth-order valence-electron chi connectivity index (χ4n) is 4.96. The SMILES string of the molecule is O=C(NC1CCCCC1)[C@H](Cc1ccccc1)N(Cc1ccc(Cl)cc1)C(=O)CCCOc1ccccc1. The molecule has 1 fully saturated rings. The van der Waals surface area contributed by atoms with Crippen LogP contribution in [0.25, 0.3) is 0 Å². The van der Waals surface area contributed by atoms with E-state index in [-0.39, 0.29) is 17.9 Å². The molecule has 0 bridgehead atoms. The largest absolute Gasteiger partial charge is 0.494 e. The maximum atomic E-state index is 13.8. The molecular weight excluding hydrogens is 496 g/mol. The lowest BCUT2D eigenvalue weighted by Gasteiger charge is -2.33. The highest BCUT2D eigenvalue weighted by atomic mass is 35.5. The summed E-state index contributed by atoms with van der Waals surface area (Å²) < 4.78 is 5.81. The van der Waals surface area contributed by atoms with E-state index in [1.165, 1.54) is 6.42 Å². The molecule has 38 heavy (non-hydrogen) atoms. The summed E-state index contributed by atoms with van der Waals surface area (Å²) in [6.45, 7) is 0.771. The van der Waals surface area contributed by atoms with Gasteiger partial charge in [-0.3, -0.25) is 9.59 Å². The lowest BCUT2D eigenvalue weighted by molar-refractivity contribution is -0.141. The molecule has 0 heterocycles. The van der Waals surface area contributed by atoms with Gasteiger partial charge in [-0.05, 0) is 54.7 Å². The van der Waals surface area contributed by atoms with E-state index in [0.29, 0.717) is 37.4 Å². The van der Waals surface area contributed by atoms with Crippen molar-refractivity contribution in [2.45, 2.75) is 70.0 Å². The maximum Gasteiger partial charge on any atom is 0.243 e. The molecule has 200 valence electrons. The highest BCUT2D eigenvalue weighted by Crippen LogP contribution is 2.21. The molecule has 0 aromatic heterocycles. The summed E-state index contributed by atoms with van der Waals surface area (Å²) >= 11 is 6.12. The van der Waals surface area contributed by atoms with Crippen molar-refractivity contribution in [2.75, 3.05) is 6.61 Å². The standard InChI is InChI=1S/C32H37ClN2O3/c33-27-20-18-26(19-21-27)24-35(31(36)17-10-22-38-29-15-8-3-9-16-29)30(23-25-11-4-1-5-12-25)32(37)34-28-13-6-2-7-14-28/h1,3-5,8-9,11-12,15-16,18-21,28,30H,2,6-7,10,13-14,17,22-24H2,(H,34,37)/t30-/m0/s1. The van der Waals surface area contributed by atoms with Crippen molar-refractivity contribution < 1.29 is 14.3 Å². The van der Waals surface area contributed by atoms with Crippen LogP contribution < -0.4 is 10.1 Å². The first-order valence-electron chi connectivity index (χ1n) is 13.6. The molecule has 2 amide bonds. The van der Waals surface area contributed by atoms with Gasteiger partial charge in [-0.15, -0.1) is 0 Å². The van der Waals surface area contributed by atoms with Crippen LogP contribution in [0.4, 0.5) is 0 Å². The molecule has 0 unspecified atom stereocenters. The van der Waals surface area contributed by atoms with Crippen molar-refractivity contribution in [1.29, 1.82) is 0 Å². The zero-order chi connectivity index (χ0) is 26.6. The van der Waals surface area contributed by atoms with Crippen LogP contribution in [0.15, 0.2) is 84.9 Å². The molecule has 6 heteroatoms. The van der Waals surface area contributed by atoms with E-state index in [1.54, 1.807) is 4.90 Å². The van der Waals surface area contributed by atoms with Crippen LogP contribution in [-0.2, 0) is 22.6 Å². The van der Waals surface area contributed by atoms with Gasteiger partial charge in [-0.1, -0.05) is 91.5 Å². The third kappa shape index (κ3) is 8.63. The average molecular weight is 533 g/mol. The number of hydrogen-bond acceptors (Lipinski definition) is 3. The summed E-state index contributed by atoms with van der Waals surface area (Å²) in [4.78, 5) is 29.2. The van der Waals surface area contributed by atoms with E-state index in [4.69, 9.17) is 16.3 Å². The Kier molecular flexibility index (Phi) is 10.6. The van der Waals surface area contributed by atoms with Gasteiger partial charge in [0.25, 0.3) is 0 Å². The predicted molar refractivity (Wildman–Crippen MR) is 152 cm³/mol. The zero-order valence-corrected chi connectivity index (χ0v) is 22.6. The van der Waals surface area contributed by atoms with Gasteiger partial charge in [0.1, 0.15) is 11.8 Å². The van der Waals surface area contributed by atoms with Crippen molar-refractivity contribution >= 4 is 23.4 Å². The molecule has 1 aliphatic carbocycles. The van der Waals surface area contributed by atoms with Crippen molar-refractivity contribution in [3.63, 3.8) is 0 Å². The summed E-state index contributed by atoms with van der Waals surface area (Å²) in [5.41, 5.74) is 1.96. The fraction of sp³-hybridized carbons (Fsp3) is 0.375. The van der Waals surface area contributed by atoms with Gasteiger partial charge in [0.2, 0.25) is 11.8 Å². The fourth-order valence-corrected chi connectivity index (χ4v) is 5.08. The molecule has 1 aliphatic rings. The average Bonchev–Trinajstić information content (AvgIpc) is 2.95. The second-order valence-electron chi connectivity index (χ2n) is 9.96. The van der Waals surface area contributed by atoms with Crippen LogP contribution in [0.3, 0.4) is 0 Å². The van der Waals surface area contributed by atoms with Crippen LogP contribution in [0, 0.1) is 0 Å². The molecule has 1 saturated carbocycles. The summed E-state index contributed by atoms with van der Waals surface area (Å²) in [7, 11) is 0. The number of nitrogens with zero attached hydrogens (tertiary/aromatic N) is 1. The number of carbonyl (C=O) groups is 2. The van der Waals surface area contributed by atoms with Crippen molar-refractivity contribution in [1.82, 2.24) is 10.2 Å². The van der Waals surface area contributed by atoms with Gasteiger partial charge < -0.3 is 15.0 Å². The number of nitrogens with one attached hydrogen (secondary N) is 1. The van der Waals surface area contributed by atoms with E-state index in [0.717, 1.165) is 42.6 Å². The van der Waals surface area contributed by atoms with Crippen molar-refractivity contribution in [3.8, 4) is 5.75 Å². The Hall–Kier alpha value is -3.31. The molecular formula is C32H37ClN2O3. The molecule has 1 atom stereocenters. The normalized spacial score (nSPS) is 14.4. The van der Waals surface area contributed by atoms with Crippen molar-refractivity contribution in [2.24, 2.45) is 0 Å². The third-order valence-electron chi connectivity index (χ3n) is 7.04. The summed E-state index contributed by atoms with van der Waals surface area (Å²) in [6, 6.07) is 26.6. The molecule has 0 saturated heterocycles. The quantitative estimate of drug-likeness (QED) is 0.268. The van der Waals surface area contributed by atoms with E-state index in [9.17, 15) is 9.59 Å². The number of rotatable bonds is 12. The minimum Gasteiger partial charge on any atom is -0.494 e. The summed E-state index contributed by atoms with van der Waals surface area (Å²) in [5.74, 6) is 0.645. The first kappa shape index (κ1) is 27.7. The molecule has 4 rings (SSSR count). The Balaban J connectivity index is 1.52. The third-order valence-corrected chi connectivity index (χ3v) is 7.29. The van der Waals surface area contributed by atoms with Gasteiger partial charge in [0.15, 0.2) is 0 Å². The molecule has 0 radical (unpaired) electrons. The minimum absolute atomic E-state index is 0.0589. The Morgan fingerprint density at radius 2 is 1.53 bits per heavy atom. The Labute approximate surface area is 231 Å². The Morgan fingerprint density at radius 3 is 2.21 bits per heavy atom. The smallest absolute Gasteiger partial charge is 0.243 e. The second-order valence-corrected chi connectivity index (χ2v) is 10.4. The van der Waals surface area contributed by atoms with Gasteiger partial charge >= 0.3 is 0 Å². The highest BCUT2D eigenvalue weighted by molar-refractivity contribution is 6.30. The molecule has 1 N–H and O–H groups in total.